The molecule has 2 heteroatoms. The van der Waals surface area contributed by atoms with Crippen molar-refractivity contribution < 1.29 is 4.57 Å². The molecule has 290 valence electrons. The van der Waals surface area contributed by atoms with Crippen molar-refractivity contribution in [2.45, 2.75) is 284 Å². The fraction of sp³-hybridized carbons (Fsp3) is 0.936. The molecule has 0 aliphatic heterocycles. The maximum Gasteiger partial charge on any atom is 0.256 e. The number of hydrogen-bond acceptors (Lipinski definition) is 0. The average molecular weight is 686 g/mol. The van der Waals surface area contributed by atoms with Crippen molar-refractivity contribution in [3.63, 3.8) is 0 Å². The van der Waals surface area contributed by atoms with Gasteiger partial charge >= 0.3 is 0 Å². The molecular weight excluding hydrogens is 593 g/mol. The summed E-state index contributed by atoms with van der Waals surface area (Å²) in [6, 6.07) is 0. The molecule has 49 heavy (non-hydrogen) atoms. The lowest BCUT2D eigenvalue weighted by Gasteiger charge is -2.07. The van der Waals surface area contributed by atoms with Crippen LogP contribution in [0.2, 0.25) is 0 Å². The Bertz CT molecular complexity index is 751. The number of imidazole rings is 1. The third kappa shape index (κ3) is 30.5. The van der Waals surface area contributed by atoms with E-state index in [1.54, 1.807) is 5.82 Å². The van der Waals surface area contributed by atoms with E-state index in [0.717, 1.165) is 0 Å². The topological polar surface area (TPSA) is 8.81 Å². The summed E-state index contributed by atoms with van der Waals surface area (Å²) in [4.78, 5) is 0. The van der Waals surface area contributed by atoms with Crippen LogP contribution in [0.15, 0.2) is 12.4 Å². The summed E-state index contributed by atoms with van der Waals surface area (Å²) in [6.07, 6.45) is 60.8. The summed E-state index contributed by atoms with van der Waals surface area (Å²) in [5.41, 5.74) is 0. The van der Waals surface area contributed by atoms with E-state index >= 15 is 0 Å². The maximum atomic E-state index is 2.65. The van der Waals surface area contributed by atoms with E-state index in [2.05, 4.69) is 42.3 Å². The number of aryl methyl sites for hydroxylation is 2. The molecule has 0 N–H and O–H groups in total. The molecule has 0 aliphatic rings. The summed E-state index contributed by atoms with van der Waals surface area (Å²) in [5, 5.41) is 0. The average Bonchev–Trinajstić information content (AvgIpc) is 3.50. The molecule has 0 atom stereocenters. The van der Waals surface area contributed by atoms with Crippen molar-refractivity contribution >= 4 is 0 Å². The van der Waals surface area contributed by atoms with Crippen molar-refractivity contribution in [2.75, 3.05) is 0 Å². The second-order valence-electron chi connectivity index (χ2n) is 16.2. The van der Waals surface area contributed by atoms with Crippen LogP contribution in [0.4, 0.5) is 0 Å². The van der Waals surface area contributed by atoms with Crippen molar-refractivity contribution in [3.05, 3.63) is 18.2 Å². The van der Waals surface area contributed by atoms with Crippen LogP contribution in [0.25, 0.3) is 0 Å². The largest absolute Gasteiger partial charge is 0.256 e. The van der Waals surface area contributed by atoms with E-state index in [-0.39, 0.29) is 0 Å². The number of hydrogen-bond donors (Lipinski definition) is 0. The van der Waals surface area contributed by atoms with Gasteiger partial charge in [0, 0.05) is 6.42 Å². The highest BCUT2D eigenvalue weighted by molar-refractivity contribution is 4.84. The molecule has 0 amide bonds. The van der Waals surface area contributed by atoms with Gasteiger partial charge < -0.3 is 0 Å². The first-order valence-electron chi connectivity index (χ1n) is 23.4. The number of nitrogens with zero attached hydrogens (tertiary/aromatic N) is 2. The highest BCUT2D eigenvalue weighted by atomic mass is 15.1. The van der Waals surface area contributed by atoms with Gasteiger partial charge in [0.15, 0.2) is 0 Å². The Hall–Kier alpha value is -0.790. The first kappa shape index (κ1) is 46.2. The predicted octanol–water partition coefficient (Wildman–Crippen LogP) is 16.2. The van der Waals surface area contributed by atoms with E-state index in [1.165, 1.54) is 264 Å². The van der Waals surface area contributed by atoms with Gasteiger partial charge in [0.1, 0.15) is 12.4 Å². The smallest absolute Gasteiger partial charge is 0.234 e. The zero-order chi connectivity index (χ0) is 35.1. The first-order chi connectivity index (χ1) is 24.3. The van der Waals surface area contributed by atoms with Crippen LogP contribution in [-0.4, -0.2) is 4.57 Å². The summed E-state index contributed by atoms with van der Waals surface area (Å²) in [7, 11) is 0. The molecule has 0 unspecified atom stereocenters. The fourth-order valence-electron chi connectivity index (χ4n) is 7.92. The van der Waals surface area contributed by atoms with Crippen LogP contribution in [-0.2, 0) is 19.5 Å². The van der Waals surface area contributed by atoms with Gasteiger partial charge in [-0.2, -0.15) is 0 Å². The summed E-state index contributed by atoms with van der Waals surface area (Å²) < 4.78 is 5.29. The molecule has 0 bridgehead atoms. The molecule has 0 saturated carbocycles. The number of unbranched alkanes of at least 4 members (excludes halogenated alkanes) is 35. The molecule has 1 aromatic rings. The van der Waals surface area contributed by atoms with Gasteiger partial charge in [0.25, 0.3) is 5.82 Å². The Morgan fingerprint density at radius 1 is 0.347 bits per heavy atom. The Morgan fingerprint density at radius 2 is 0.633 bits per heavy atom. The van der Waals surface area contributed by atoms with Crippen molar-refractivity contribution in [1.82, 2.24) is 4.57 Å². The molecule has 0 spiro atoms. The van der Waals surface area contributed by atoms with Crippen LogP contribution >= 0.6 is 0 Å². The number of rotatable bonds is 41. The minimum Gasteiger partial charge on any atom is -0.234 e. The van der Waals surface area contributed by atoms with Gasteiger partial charge in [-0.05, 0) is 32.1 Å². The second-order valence-corrected chi connectivity index (χ2v) is 16.2. The summed E-state index contributed by atoms with van der Waals surface area (Å²) in [5.74, 6) is 1.63. The summed E-state index contributed by atoms with van der Waals surface area (Å²) in [6.45, 7) is 9.41. The van der Waals surface area contributed by atoms with Crippen LogP contribution in [0.5, 0.6) is 0 Å². The van der Waals surface area contributed by atoms with Gasteiger partial charge in [-0.3, -0.25) is 0 Å². The minimum absolute atomic E-state index is 1.23. The predicted molar refractivity (Wildman–Crippen MR) is 221 cm³/mol. The molecule has 0 fully saturated rings. The second kappa shape index (κ2) is 38.4. The Balaban J connectivity index is 2.20. The molecule has 1 rings (SSSR count). The molecule has 0 radical (unpaired) electrons. The lowest BCUT2D eigenvalue weighted by molar-refractivity contribution is -0.704. The van der Waals surface area contributed by atoms with Crippen LogP contribution < -0.4 is 4.57 Å². The lowest BCUT2D eigenvalue weighted by Crippen LogP contribution is -2.37. The quantitative estimate of drug-likeness (QED) is 0.0479. The van der Waals surface area contributed by atoms with Gasteiger partial charge in [0.05, 0.1) is 13.1 Å². The molecule has 0 aromatic carbocycles. The Morgan fingerprint density at radius 3 is 0.980 bits per heavy atom. The zero-order valence-corrected chi connectivity index (χ0v) is 34.5. The monoisotopic (exact) mass is 686 g/mol. The number of aromatic nitrogens is 2. The van der Waals surface area contributed by atoms with Gasteiger partial charge in [0.2, 0.25) is 0 Å². The highest BCUT2D eigenvalue weighted by Crippen LogP contribution is 2.16. The minimum atomic E-state index is 1.23. The maximum absolute atomic E-state index is 2.65. The summed E-state index contributed by atoms with van der Waals surface area (Å²) >= 11 is 0. The van der Waals surface area contributed by atoms with E-state index in [1.807, 2.05) is 0 Å². The van der Waals surface area contributed by atoms with Crippen molar-refractivity contribution in [2.24, 2.45) is 0 Å². The first-order valence-corrected chi connectivity index (χ1v) is 23.4. The van der Waals surface area contributed by atoms with Crippen molar-refractivity contribution in [1.29, 1.82) is 0 Å². The Labute approximate surface area is 310 Å². The third-order valence-corrected chi connectivity index (χ3v) is 11.3. The third-order valence-electron chi connectivity index (χ3n) is 11.3. The Kier molecular flexibility index (Phi) is 36.3. The van der Waals surface area contributed by atoms with Crippen LogP contribution in [0.3, 0.4) is 0 Å². The lowest BCUT2D eigenvalue weighted by atomic mass is 10.0. The molecule has 2 nitrogen and oxygen atoms in total. The normalized spacial score (nSPS) is 11.7. The van der Waals surface area contributed by atoms with E-state index in [4.69, 9.17) is 0 Å². The molecule has 1 heterocycles. The SMILES string of the molecule is CCCCCCCCCCCCCCCCCCn1cc[n+](CCCCCCCCC)c1CCCCCCCCCCCCCCCCC. The highest BCUT2D eigenvalue weighted by Gasteiger charge is 2.16. The fourth-order valence-corrected chi connectivity index (χ4v) is 7.92. The zero-order valence-electron chi connectivity index (χ0n) is 34.5. The molecular formula is C47H93N2+. The van der Waals surface area contributed by atoms with Crippen molar-refractivity contribution in [3.8, 4) is 0 Å². The van der Waals surface area contributed by atoms with E-state index in [0.29, 0.717) is 0 Å². The molecule has 1 aromatic heterocycles. The molecule has 0 aliphatic carbocycles. The van der Waals surface area contributed by atoms with E-state index < -0.39 is 0 Å². The van der Waals surface area contributed by atoms with E-state index in [9.17, 15) is 0 Å². The van der Waals surface area contributed by atoms with Crippen LogP contribution in [0, 0.1) is 0 Å². The van der Waals surface area contributed by atoms with Gasteiger partial charge in [-0.25, -0.2) is 9.13 Å². The van der Waals surface area contributed by atoms with Crippen LogP contribution in [0.1, 0.15) is 271 Å². The van der Waals surface area contributed by atoms with Gasteiger partial charge in [-0.15, -0.1) is 0 Å². The molecule has 0 saturated heterocycles. The standard InChI is InChI=1S/C47H93N2/c1-4-7-10-13-16-18-20-22-24-26-28-30-32-35-38-41-44-49-46-45-48(43-40-37-34-15-12-9-6-3)47(49)42-39-36-33-31-29-27-25-23-21-19-17-14-11-8-5-2/h45-46H,4-44H2,1-3H3/q+1. The van der Waals surface area contributed by atoms with Gasteiger partial charge in [-0.1, -0.05) is 233 Å².